The number of nitrogens with zero attached hydrogens (tertiary/aromatic N) is 1. The molecular formula is C13H19ClN2O. The summed E-state index contributed by atoms with van der Waals surface area (Å²) >= 11 is 5.71. The van der Waals surface area contributed by atoms with Gasteiger partial charge in [0.2, 0.25) is 5.91 Å². The molecule has 0 radical (unpaired) electrons. The van der Waals surface area contributed by atoms with Crippen molar-refractivity contribution in [2.45, 2.75) is 26.1 Å². The highest BCUT2D eigenvalue weighted by Crippen LogP contribution is 2.19. The van der Waals surface area contributed by atoms with Crippen molar-refractivity contribution in [3.63, 3.8) is 0 Å². The van der Waals surface area contributed by atoms with Crippen molar-refractivity contribution in [1.29, 1.82) is 0 Å². The molecule has 17 heavy (non-hydrogen) atoms. The molecule has 0 spiro atoms. The van der Waals surface area contributed by atoms with E-state index in [4.69, 9.17) is 11.6 Å². The number of nitrogens with one attached hydrogen (secondary N) is 1. The molecular weight excluding hydrogens is 236 g/mol. The van der Waals surface area contributed by atoms with Gasteiger partial charge in [-0.15, -0.1) is 11.6 Å². The van der Waals surface area contributed by atoms with Gasteiger partial charge in [0, 0.05) is 24.5 Å². The fourth-order valence-electron chi connectivity index (χ4n) is 1.61. The van der Waals surface area contributed by atoms with Gasteiger partial charge in [0.15, 0.2) is 0 Å². The minimum absolute atomic E-state index is 0.177. The van der Waals surface area contributed by atoms with E-state index in [9.17, 15) is 4.79 Å². The Morgan fingerprint density at radius 2 is 2.06 bits per heavy atom. The van der Waals surface area contributed by atoms with Crippen LogP contribution in [0.25, 0.3) is 0 Å². The number of alkyl halides is 1. The third kappa shape index (κ3) is 3.93. The van der Waals surface area contributed by atoms with Crippen LogP contribution in [-0.4, -0.2) is 24.4 Å². The van der Waals surface area contributed by atoms with E-state index in [2.05, 4.69) is 24.1 Å². The van der Waals surface area contributed by atoms with Crippen LogP contribution in [0.4, 0.5) is 11.4 Å². The van der Waals surface area contributed by atoms with Crippen molar-refractivity contribution in [3.8, 4) is 0 Å². The summed E-state index contributed by atoms with van der Waals surface area (Å²) in [5, 5.41) is 2.27. The molecule has 0 aliphatic rings. The Kier molecular flexibility index (Phi) is 5.29. The van der Waals surface area contributed by atoms with Crippen molar-refractivity contribution < 1.29 is 4.79 Å². The lowest BCUT2D eigenvalue weighted by molar-refractivity contribution is -0.115. The molecule has 0 fully saturated rings. The van der Waals surface area contributed by atoms with Crippen molar-refractivity contribution in [1.82, 2.24) is 0 Å². The summed E-state index contributed by atoms with van der Waals surface area (Å²) in [7, 11) is 0. The summed E-state index contributed by atoms with van der Waals surface area (Å²) in [6, 6.07) is 7.79. The molecule has 1 N–H and O–H groups in total. The van der Waals surface area contributed by atoms with E-state index in [0.29, 0.717) is 0 Å². The second-order valence-corrected chi connectivity index (χ2v) is 4.48. The second kappa shape index (κ2) is 6.50. The molecule has 0 bridgehead atoms. The quantitative estimate of drug-likeness (QED) is 0.819. The molecule has 1 amide bonds. The normalized spacial score (nSPS) is 12.0. The fraction of sp³-hybridized carbons (Fsp3) is 0.462. The molecule has 1 atom stereocenters. The van der Waals surface area contributed by atoms with Crippen molar-refractivity contribution in [2.24, 2.45) is 0 Å². The van der Waals surface area contributed by atoms with Gasteiger partial charge in [0.05, 0.1) is 0 Å². The van der Waals surface area contributed by atoms with Crippen LogP contribution in [0.2, 0.25) is 0 Å². The van der Waals surface area contributed by atoms with Gasteiger partial charge in [-0.1, -0.05) is 6.07 Å². The lowest BCUT2D eigenvalue weighted by atomic mass is 10.2. The number of rotatable bonds is 5. The van der Waals surface area contributed by atoms with Crippen LogP contribution in [-0.2, 0) is 4.79 Å². The van der Waals surface area contributed by atoms with Gasteiger partial charge in [-0.2, -0.15) is 0 Å². The van der Waals surface area contributed by atoms with Gasteiger partial charge in [0.25, 0.3) is 0 Å². The molecule has 1 aromatic rings. The first-order valence-electron chi connectivity index (χ1n) is 5.88. The maximum atomic E-state index is 11.5. The predicted molar refractivity (Wildman–Crippen MR) is 73.9 cm³/mol. The highest BCUT2D eigenvalue weighted by atomic mass is 35.5. The largest absolute Gasteiger partial charge is 0.372 e. The topological polar surface area (TPSA) is 32.3 Å². The van der Waals surface area contributed by atoms with Crippen LogP contribution in [0.1, 0.15) is 20.8 Å². The average molecular weight is 255 g/mol. The smallest absolute Gasteiger partial charge is 0.242 e. The Hall–Kier alpha value is -1.22. The highest BCUT2D eigenvalue weighted by Gasteiger charge is 2.09. The van der Waals surface area contributed by atoms with E-state index < -0.39 is 5.38 Å². The number of hydrogen-bond donors (Lipinski definition) is 1. The van der Waals surface area contributed by atoms with Crippen molar-refractivity contribution in [3.05, 3.63) is 24.3 Å². The monoisotopic (exact) mass is 254 g/mol. The first kappa shape index (κ1) is 13.8. The van der Waals surface area contributed by atoms with Gasteiger partial charge in [-0.25, -0.2) is 0 Å². The molecule has 0 aromatic heterocycles. The molecule has 0 unspecified atom stereocenters. The van der Waals surface area contributed by atoms with Gasteiger partial charge < -0.3 is 10.2 Å². The maximum absolute atomic E-state index is 11.5. The Morgan fingerprint density at radius 3 is 2.59 bits per heavy atom. The first-order chi connectivity index (χ1) is 8.08. The van der Waals surface area contributed by atoms with Crippen LogP contribution in [0.15, 0.2) is 24.3 Å². The lowest BCUT2D eigenvalue weighted by Crippen LogP contribution is -2.23. The predicted octanol–water partition coefficient (Wildman–Crippen LogP) is 3.10. The minimum Gasteiger partial charge on any atom is -0.372 e. The van der Waals surface area contributed by atoms with Gasteiger partial charge in [0.1, 0.15) is 5.38 Å². The zero-order valence-electron chi connectivity index (χ0n) is 10.5. The number of hydrogen-bond acceptors (Lipinski definition) is 2. The zero-order valence-corrected chi connectivity index (χ0v) is 11.3. The minimum atomic E-state index is -0.521. The van der Waals surface area contributed by atoms with E-state index in [-0.39, 0.29) is 5.91 Å². The van der Waals surface area contributed by atoms with E-state index in [0.717, 1.165) is 24.5 Å². The van der Waals surface area contributed by atoms with Crippen LogP contribution in [0.5, 0.6) is 0 Å². The number of carbonyl (C=O) groups excluding carboxylic acids is 1. The van der Waals surface area contributed by atoms with Crippen LogP contribution >= 0.6 is 11.6 Å². The number of carbonyl (C=O) groups is 1. The third-order valence-corrected chi connectivity index (χ3v) is 2.80. The zero-order chi connectivity index (χ0) is 12.8. The molecule has 0 saturated heterocycles. The molecule has 3 nitrogen and oxygen atoms in total. The van der Waals surface area contributed by atoms with Crippen molar-refractivity contribution in [2.75, 3.05) is 23.3 Å². The van der Waals surface area contributed by atoms with E-state index in [1.54, 1.807) is 6.92 Å². The van der Waals surface area contributed by atoms with E-state index >= 15 is 0 Å². The Bertz CT molecular complexity index is 375. The van der Waals surface area contributed by atoms with Gasteiger partial charge in [-0.05, 0) is 39.0 Å². The van der Waals surface area contributed by atoms with E-state index in [1.807, 2.05) is 24.3 Å². The fourth-order valence-corrected chi connectivity index (χ4v) is 1.67. The Labute approximate surface area is 108 Å². The highest BCUT2D eigenvalue weighted by molar-refractivity contribution is 6.32. The number of anilines is 2. The summed E-state index contributed by atoms with van der Waals surface area (Å²) in [5.74, 6) is -0.177. The van der Waals surface area contributed by atoms with Crippen LogP contribution in [0.3, 0.4) is 0 Å². The maximum Gasteiger partial charge on any atom is 0.242 e. The molecule has 4 heteroatoms. The molecule has 94 valence electrons. The number of benzene rings is 1. The van der Waals surface area contributed by atoms with Gasteiger partial charge in [-0.3, -0.25) is 4.79 Å². The average Bonchev–Trinajstić information content (AvgIpc) is 2.31. The van der Waals surface area contributed by atoms with Crippen molar-refractivity contribution >= 4 is 28.9 Å². The summed E-state index contributed by atoms with van der Waals surface area (Å²) in [5.41, 5.74) is 1.89. The molecule has 0 heterocycles. The first-order valence-corrected chi connectivity index (χ1v) is 6.32. The van der Waals surface area contributed by atoms with Crippen LogP contribution < -0.4 is 10.2 Å². The SMILES string of the molecule is CCN(CC)c1cccc(NC(=O)[C@@H](C)Cl)c1. The lowest BCUT2D eigenvalue weighted by Gasteiger charge is -2.21. The molecule has 0 aliphatic heterocycles. The molecule has 1 aromatic carbocycles. The third-order valence-electron chi connectivity index (χ3n) is 2.60. The van der Waals surface area contributed by atoms with E-state index in [1.165, 1.54) is 0 Å². The Balaban J connectivity index is 2.82. The standard InChI is InChI=1S/C13H19ClN2O/c1-4-16(5-2)12-8-6-7-11(9-12)15-13(17)10(3)14/h6-10H,4-5H2,1-3H3,(H,15,17)/t10-/m1/s1. The summed E-state index contributed by atoms with van der Waals surface area (Å²) < 4.78 is 0. The summed E-state index contributed by atoms with van der Waals surface area (Å²) in [6.07, 6.45) is 0. The summed E-state index contributed by atoms with van der Waals surface area (Å²) in [6.45, 7) is 7.76. The number of amides is 1. The molecule has 0 aliphatic carbocycles. The summed E-state index contributed by atoms with van der Waals surface area (Å²) in [4.78, 5) is 13.7. The Morgan fingerprint density at radius 1 is 1.41 bits per heavy atom. The second-order valence-electron chi connectivity index (χ2n) is 3.83. The molecule has 0 saturated carbocycles. The van der Waals surface area contributed by atoms with Crippen LogP contribution in [0, 0.1) is 0 Å². The molecule has 1 rings (SSSR count). The number of halogens is 1. The van der Waals surface area contributed by atoms with Gasteiger partial charge >= 0.3 is 0 Å².